The molecule has 3 N–H and O–H groups in total. The first-order valence-electron chi connectivity index (χ1n) is 5.47. The highest BCUT2D eigenvalue weighted by Gasteiger charge is 2.23. The Balaban J connectivity index is 2.38. The van der Waals surface area contributed by atoms with E-state index in [1.807, 2.05) is 37.8 Å². The third kappa shape index (κ3) is 3.34. The Morgan fingerprint density at radius 3 is 2.81 bits per heavy atom. The zero-order chi connectivity index (χ0) is 12.2. The summed E-state index contributed by atoms with van der Waals surface area (Å²) in [5.41, 5.74) is 5.88. The maximum absolute atomic E-state index is 11.1. The van der Waals surface area contributed by atoms with E-state index in [1.54, 1.807) is 0 Å². The SMILES string of the molecule is CCn1cc(CNCC(C)(C)C(N)=O)cn1. The molecule has 1 aromatic rings. The highest BCUT2D eigenvalue weighted by molar-refractivity contribution is 5.80. The van der Waals surface area contributed by atoms with Crippen LogP contribution in [0.1, 0.15) is 26.3 Å². The van der Waals surface area contributed by atoms with Crippen LogP contribution in [0.15, 0.2) is 12.4 Å². The summed E-state index contributed by atoms with van der Waals surface area (Å²) in [7, 11) is 0. The van der Waals surface area contributed by atoms with E-state index in [-0.39, 0.29) is 5.91 Å². The Bertz CT molecular complexity index is 357. The fraction of sp³-hybridized carbons (Fsp3) is 0.636. The van der Waals surface area contributed by atoms with Gasteiger partial charge in [-0.3, -0.25) is 9.48 Å². The van der Waals surface area contributed by atoms with Crippen molar-refractivity contribution in [1.82, 2.24) is 15.1 Å². The lowest BCUT2D eigenvalue weighted by Gasteiger charge is -2.20. The molecule has 1 rings (SSSR count). The Kier molecular flexibility index (Phi) is 4.06. The zero-order valence-electron chi connectivity index (χ0n) is 10.2. The van der Waals surface area contributed by atoms with Crippen molar-refractivity contribution in [2.24, 2.45) is 11.1 Å². The number of aryl methyl sites for hydroxylation is 1. The number of primary amides is 1. The second-order valence-corrected chi connectivity index (χ2v) is 4.56. The van der Waals surface area contributed by atoms with E-state index in [0.717, 1.165) is 12.1 Å². The molecule has 16 heavy (non-hydrogen) atoms. The summed E-state index contributed by atoms with van der Waals surface area (Å²) >= 11 is 0. The number of hydrogen-bond acceptors (Lipinski definition) is 3. The van der Waals surface area contributed by atoms with Crippen molar-refractivity contribution >= 4 is 5.91 Å². The van der Waals surface area contributed by atoms with Gasteiger partial charge in [-0.25, -0.2) is 0 Å². The lowest BCUT2D eigenvalue weighted by Crippen LogP contribution is -2.40. The minimum absolute atomic E-state index is 0.288. The highest BCUT2D eigenvalue weighted by atomic mass is 16.1. The van der Waals surface area contributed by atoms with Crippen LogP contribution in [-0.2, 0) is 17.9 Å². The Labute approximate surface area is 96.0 Å². The van der Waals surface area contributed by atoms with Crippen LogP contribution in [0, 0.1) is 5.41 Å². The molecule has 0 spiro atoms. The maximum atomic E-state index is 11.1. The summed E-state index contributed by atoms with van der Waals surface area (Å²) in [5, 5.41) is 7.38. The summed E-state index contributed by atoms with van der Waals surface area (Å²) in [5.74, 6) is -0.288. The van der Waals surface area contributed by atoms with Gasteiger partial charge < -0.3 is 11.1 Å². The van der Waals surface area contributed by atoms with Gasteiger partial charge in [0, 0.05) is 31.4 Å². The van der Waals surface area contributed by atoms with Gasteiger partial charge in [-0.05, 0) is 20.8 Å². The fourth-order valence-corrected chi connectivity index (χ4v) is 1.28. The highest BCUT2D eigenvalue weighted by Crippen LogP contribution is 2.12. The maximum Gasteiger partial charge on any atom is 0.224 e. The summed E-state index contributed by atoms with van der Waals surface area (Å²) in [6, 6.07) is 0. The largest absolute Gasteiger partial charge is 0.369 e. The number of carbonyl (C=O) groups excluding carboxylic acids is 1. The molecule has 0 bridgehead atoms. The van der Waals surface area contributed by atoms with Crippen molar-refractivity contribution in [3.63, 3.8) is 0 Å². The van der Waals surface area contributed by atoms with Gasteiger partial charge in [0.15, 0.2) is 0 Å². The van der Waals surface area contributed by atoms with E-state index >= 15 is 0 Å². The molecule has 0 unspecified atom stereocenters. The second kappa shape index (κ2) is 5.12. The minimum atomic E-state index is -0.513. The summed E-state index contributed by atoms with van der Waals surface area (Å²) < 4.78 is 1.87. The summed E-state index contributed by atoms with van der Waals surface area (Å²) in [6.45, 7) is 7.85. The van der Waals surface area contributed by atoms with E-state index < -0.39 is 5.41 Å². The third-order valence-corrected chi connectivity index (χ3v) is 2.57. The molecule has 0 saturated heterocycles. The number of nitrogens with two attached hydrogens (primary N) is 1. The third-order valence-electron chi connectivity index (χ3n) is 2.57. The van der Waals surface area contributed by atoms with Crippen LogP contribution in [0.2, 0.25) is 0 Å². The number of amides is 1. The molecule has 0 aliphatic heterocycles. The average Bonchev–Trinajstić information content (AvgIpc) is 2.65. The molecule has 0 aliphatic rings. The normalized spacial score (nSPS) is 11.7. The molecular weight excluding hydrogens is 204 g/mol. The first kappa shape index (κ1) is 12.7. The van der Waals surface area contributed by atoms with Crippen LogP contribution in [0.25, 0.3) is 0 Å². The first-order valence-corrected chi connectivity index (χ1v) is 5.47. The van der Waals surface area contributed by atoms with E-state index in [2.05, 4.69) is 10.4 Å². The summed E-state index contributed by atoms with van der Waals surface area (Å²) in [6.07, 6.45) is 3.82. The van der Waals surface area contributed by atoms with Crippen LogP contribution in [-0.4, -0.2) is 22.2 Å². The lowest BCUT2D eigenvalue weighted by atomic mass is 9.93. The Hall–Kier alpha value is -1.36. The van der Waals surface area contributed by atoms with Gasteiger partial charge in [0.05, 0.1) is 11.6 Å². The van der Waals surface area contributed by atoms with E-state index in [4.69, 9.17) is 5.73 Å². The Morgan fingerprint density at radius 2 is 2.31 bits per heavy atom. The van der Waals surface area contributed by atoms with E-state index in [1.165, 1.54) is 0 Å². The van der Waals surface area contributed by atoms with Crippen molar-refractivity contribution in [1.29, 1.82) is 0 Å². The molecular formula is C11H20N4O. The predicted molar refractivity (Wildman–Crippen MR) is 62.6 cm³/mol. The molecule has 1 heterocycles. The first-order chi connectivity index (χ1) is 7.45. The second-order valence-electron chi connectivity index (χ2n) is 4.56. The van der Waals surface area contributed by atoms with Crippen LogP contribution >= 0.6 is 0 Å². The number of nitrogens with one attached hydrogen (secondary N) is 1. The Morgan fingerprint density at radius 1 is 1.62 bits per heavy atom. The fourth-order valence-electron chi connectivity index (χ4n) is 1.28. The lowest BCUT2D eigenvalue weighted by molar-refractivity contribution is -0.125. The zero-order valence-corrected chi connectivity index (χ0v) is 10.2. The minimum Gasteiger partial charge on any atom is -0.369 e. The van der Waals surface area contributed by atoms with Gasteiger partial charge in [-0.2, -0.15) is 5.10 Å². The van der Waals surface area contributed by atoms with Crippen molar-refractivity contribution in [2.45, 2.75) is 33.9 Å². The molecule has 0 aromatic carbocycles. The van der Waals surface area contributed by atoms with Crippen molar-refractivity contribution < 1.29 is 4.79 Å². The average molecular weight is 224 g/mol. The van der Waals surface area contributed by atoms with E-state index in [0.29, 0.717) is 13.1 Å². The van der Waals surface area contributed by atoms with Crippen molar-refractivity contribution in [2.75, 3.05) is 6.54 Å². The molecule has 0 fully saturated rings. The monoisotopic (exact) mass is 224 g/mol. The molecule has 90 valence electrons. The standard InChI is InChI=1S/C11H20N4O/c1-4-15-7-9(6-14-15)5-13-8-11(2,3)10(12)16/h6-7,13H,4-5,8H2,1-3H3,(H2,12,16). The van der Waals surface area contributed by atoms with Crippen LogP contribution in [0.3, 0.4) is 0 Å². The van der Waals surface area contributed by atoms with Crippen molar-refractivity contribution in [3.8, 4) is 0 Å². The predicted octanol–water partition coefficient (Wildman–Crippen LogP) is 0.504. The molecule has 1 amide bonds. The molecule has 5 nitrogen and oxygen atoms in total. The van der Waals surface area contributed by atoms with Crippen LogP contribution in [0.4, 0.5) is 0 Å². The molecule has 5 heteroatoms. The van der Waals surface area contributed by atoms with Crippen LogP contribution < -0.4 is 11.1 Å². The smallest absolute Gasteiger partial charge is 0.224 e. The molecule has 1 aromatic heterocycles. The van der Waals surface area contributed by atoms with Gasteiger partial charge in [0.2, 0.25) is 5.91 Å². The van der Waals surface area contributed by atoms with Gasteiger partial charge in [-0.1, -0.05) is 0 Å². The number of aromatic nitrogens is 2. The molecule has 0 saturated carbocycles. The van der Waals surface area contributed by atoms with Gasteiger partial charge in [-0.15, -0.1) is 0 Å². The van der Waals surface area contributed by atoms with E-state index in [9.17, 15) is 4.79 Å². The molecule has 0 radical (unpaired) electrons. The number of hydrogen-bond donors (Lipinski definition) is 2. The van der Waals surface area contributed by atoms with Gasteiger partial charge in [0.25, 0.3) is 0 Å². The number of carbonyl (C=O) groups is 1. The molecule has 0 aliphatic carbocycles. The quantitative estimate of drug-likeness (QED) is 0.739. The summed E-state index contributed by atoms with van der Waals surface area (Å²) in [4.78, 5) is 11.1. The molecule has 0 atom stereocenters. The van der Waals surface area contributed by atoms with Gasteiger partial charge >= 0.3 is 0 Å². The number of nitrogens with zero attached hydrogens (tertiary/aromatic N) is 2. The number of rotatable bonds is 6. The van der Waals surface area contributed by atoms with Gasteiger partial charge in [0.1, 0.15) is 0 Å². The topological polar surface area (TPSA) is 72.9 Å². The van der Waals surface area contributed by atoms with Crippen LogP contribution in [0.5, 0.6) is 0 Å². The van der Waals surface area contributed by atoms with Crippen molar-refractivity contribution in [3.05, 3.63) is 18.0 Å².